The smallest absolute Gasteiger partial charge is 0.352 e. The number of alkyl halides is 3. The number of rotatable bonds is 5. The normalized spacial score (nSPS) is 16.4. The van der Waals surface area contributed by atoms with Crippen LogP contribution < -0.4 is 5.32 Å². The van der Waals surface area contributed by atoms with Gasteiger partial charge in [-0.2, -0.15) is 13.2 Å². The number of hydrogen-bond acceptors (Lipinski definition) is 6. The van der Waals surface area contributed by atoms with Crippen molar-refractivity contribution in [2.24, 2.45) is 0 Å². The van der Waals surface area contributed by atoms with Crippen LogP contribution in [0, 0.1) is 12.7 Å². The maximum atomic E-state index is 13.3. The number of benzene rings is 1. The van der Waals surface area contributed by atoms with E-state index in [1.807, 2.05) is 0 Å². The number of thiazole rings is 1. The molecule has 3 aromatic rings. The van der Waals surface area contributed by atoms with Crippen LogP contribution in [0.25, 0.3) is 10.4 Å². The molecule has 2 aromatic heterocycles. The summed E-state index contributed by atoms with van der Waals surface area (Å²) in [5, 5.41) is 3.64. The molecule has 3 heterocycles. The first kappa shape index (κ1) is 22.1. The molecule has 168 valence electrons. The molecule has 0 spiro atoms. The van der Waals surface area contributed by atoms with Crippen molar-refractivity contribution in [2.45, 2.75) is 32.0 Å². The van der Waals surface area contributed by atoms with E-state index in [0.717, 1.165) is 30.2 Å². The fourth-order valence-electron chi connectivity index (χ4n) is 3.60. The van der Waals surface area contributed by atoms with Crippen LogP contribution >= 0.6 is 11.3 Å². The minimum Gasteiger partial charge on any atom is -0.352 e. The summed E-state index contributed by atoms with van der Waals surface area (Å²) in [6.07, 6.45) is -1.53. The molecule has 0 aliphatic carbocycles. The number of carbonyl (C=O) groups is 1. The van der Waals surface area contributed by atoms with Crippen molar-refractivity contribution in [2.75, 3.05) is 18.4 Å². The van der Waals surface area contributed by atoms with Gasteiger partial charge in [-0.3, -0.25) is 4.79 Å². The number of amides is 1. The van der Waals surface area contributed by atoms with Crippen molar-refractivity contribution >= 4 is 23.2 Å². The van der Waals surface area contributed by atoms with E-state index in [4.69, 9.17) is 0 Å². The summed E-state index contributed by atoms with van der Waals surface area (Å²) in [6, 6.07) is 5.72. The Morgan fingerprint density at radius 2 is 1.91 bits per heavy atom. The number of carbonyl (C=O) groups excluding carboxylic acids is 1. The van der Waals surface area contributed by atoms with Gasteiger partial charge in [-0.05, 0) is 37.5 Å². The molecule has 6 nitrogen and oxygen atoms in total. The van der Waals surface area contributed by atoms with Crippen molar-refractivity contribution in [3.63, 3.8) is 0 Å². The highest BCUT2D eigenvalue weighted by molar-refractivity contribution is 7.15. The second-order valence-electron chi connectivity index (χ2n) is 7.39. The second-order valence-corrected chi connectivity index (χ2v) is 8.59. The predicted octanol–water partition coefficient (Wildman–Crippen LogP) is 4.78. The second kappa shape index (κ2) is 8.81. The molecule has 0 unspecified atom stereocenters. The highest BCUT2D eigenvalue weighted by Gasteiger charge is 2.33. The molecule has 0 bridgehead atoms. The lowest BCUT2D eigenvalue weighted by Crippen LogP contribution is -2.40. The van der Waals surface area contributed by atoms with Gasteiger partial charge >= 0.3 is 6.18 Å². The predicted molar refractivity (Wildman–Crippen MR) is 112 cm³/mol. The SMILES string of the molecule is Cc1nc(C(=O)N2CCC[C@H]2CNc2ncc(C(F)(F)F)cn2)c(-c2ccc(F)cc2)s1. The lowest BCUT2D eigenvalue weighted by Gasteiger charge is -2.24. The Morgan fingerprint density at radius 1 is 1.22 bits per heavy atom. The zero-order chi connectivity index (χ0) is 22.9. The largest absolute Gasteiger partial charge is 0.419 e. The van der Waals surface area contributed by atoms with Gasteiger partial charge in [0.2, 0.25) is 5.95 Å². The van der Waals surface area contributed by atoms with Crippen LogP contribution in [0.15, 0.2) is 36.7 Å². The van der Waals surface area contributed by atoms with Crippen molar-refractivity contribution in [3.05, 3.63) is 58.7 Å². The van der Waals surface area contributed by atoms with Gasteiger partial charge in [0.15, 0.2) is 0 Å². The van der Waals surface area contributed by atoms with E-state index < -0.39 is 11.7 Å². The Labute approximate surface area is 185 Å². The molecule has 1 saturated heterocycles. The number of likely N-dealkylation sites (tertiary alicyclic amines) is 1. The van der Waals surface area contributed by atoms with E-state index in [2.05, 4.69) is 20.3 Å². The molecular weight excluding hydrogens is 446 g/mol. The lowest BCUT2D eigenvalue weighted by atomic mass is 10.1. The van der Waals surface area contributed by atoms with E-state index >= 15 is 0 Å². The highest BCUT2D eigenvalue weighted by atomic mass is 32.1. The third-order valence-electron chi connectivity index (χ3n) is 5.16. The topological polar surface area (TPSA) is 71.0 Å². The van der Waals surface area contributed by atoms with Crippen LogP contribution in [0.5, 0.6) is 0 Å². The minimum absolute atomic E-state index is 0.0637. The molecule has 11 heteroatoms. The number of aromatic nitrogens is 3. The fraction of sp³-hybridized carbons (Fsp3) is 0.333. The van der Waals surface area contributed by atoms with Crippen molar-refractivity contribution in [1.82, 2.24) is 19.9 Å². The number of hydrogen-bond donors (Lipinski definition) is 1. The molecule has 4 rings (SSSR count). The van der Waals surface area contributed by atoms with Gasteiger partial charge in [-0.1, -0.05) is 12.1 Å². The quantitative estimate of drug-likeness (QED) is 0.549. The van der Waals surface area contributed by atoms with Gasteiger partial charge in [-0.15, -0.1) is 11.3 Å². The third-order valence-corrected chi connectivity index (χ3v) is 6.18. The molecule has 0 radical (unpaired) electrons. The highest BCUT2D eigenvalue weighted by Crippen LogP contribution is 2.33. The maximum absolute atomic E-state index is 13.3. The summed E-state index contributed by atoms with van der Waals surface area (Å²) in [4.78, 5) is 27.5. The number of halogens is 4. The third kappa shape index (κ3) is 4.72. The summed E-state index contributed by atoms with van der Waals surface area (Å²) < 4.78 is 51.3. The van der Waals surface area contributed by atoms with Crippen molar-refractivity contribution in [1.29, 1.82) is 0 Å². The zero-order valence-electron chi connectivity index (χ0n) is 17.0. The van der Waals surface area contributed by atoms with Crippen molar-refractivity contribution < 1.29 is 22.4 Å². The number of nitrogens with zero attached hydrogens (tertiary/aromatic N) is 4. The minimum atomic E-state index is -4.50. The molecule has 1 aliphatic rings. The average Bonchev–Trinajstić information content (AvgIpc) is 3.38. The van der Waals surface area contributed by atoms with E-state index in [1.54, 1.807) is 24.0 Å². The first-order valence-electron chi connectivity index (χ1n) is 9.90. The van der Waals surface area contributed by atoms with E-state index in [1.165, 1.54) is 23.5 Å². The molecule has 1 fully saturated rings. The Kier molecular flexibility index (Phi) is 6.09. The Hall–Kier alpha value is -3.08. The first-order valence-corrected chi connectivity index (χ1v) is 10.7. The van der Waals surface area contributed by atoms with E-state index in [-0.39, 0.29) is 23.7 Å². The van der Waals surface area contributed by atoms with Crippen LogP contribution in [-0.2, 0) is 6.18 Å². The zero-order valence-corrected chi connectivity index (χ0v) is 17.8. The standard InChI is InChI=1S/C21H19F4N5OS/c1-12-29-17(18(32-12)13-4-6-15(22)7-5-13)19(31)30-8-2-3-16(30)11-28-20-26-9-14(10-27-20)21(23,24)25/h4-7,9-10,16H,2-3,8,11H2,1H3,(H,26,27,28)/t16-/m0/s1. The van der Waals surface area contributed by atoms with Gasteiger partial charge in [0, 0.05) is 31.5 Å². The molecular formula is C21H19F4N5OS. The average molecular weight is 465 g/mol. The summed E-state index contributed by atoms with van der Waals surface area (Å²) in [5.41, 5.74) is 0.108. The molecule has 0 saturated carbocycles. The lowest BCUT2D eigenvalue weighted by molar-refractivity contribution is -0.138. The Bertz CT molecular complexity index is 1100. The van der Waals surface area contributed by atoms with Crippen LogP contribution in [0.3, 0.4) is 0 Å². The Morgan fingerprint density at radius 3 is 2.56 bits per heavy atom. The summed E-state index contributed by atoms with van der Waals surface area (Å²) in [7, 11) is 0. The van der Waals surface area contributed by atoms with Crippen LogP contribution in [-0.4, -0.2) is 44.9 Å². The fourth-order valence-corrected chi connectivity index (χ4v) is 4.51. The van der Waals surface area contributed by atoms with E-state index in [0.29, 0.717) is 29.2 Å². The summed E-state index contributed by atoms with van der Waals surface area (Å²) in [6.45, 7) is 2.64. The van der Waals surface area contributed by atoms with Crippen LogP contribution in [0.1, 0.15) is 33.9 Å². The Balaban J connectivity index is 1.48. The van der Waals surface area contributed by atoms with E-state index in [9.17, 15) is 22.4 Å². The molecule has 1 amide bonds. The van der Waals surface area contributed by atoms with Gasteiger partial charge in [0.05, 0.1) is 15.4 Å². The number of anilines is 1. The summed E-state index contributed by atoms with van der Waals surface area (Å²) in [5.74, 6) is -0.529. The molecule has 1 aliphatic heterocycles. The summed E-state index contributed by atoms with van der Waals surface area (Å²) >= 11 is 1.37. The molecule has 1 N–H and O–H groups in total. The van der Waals surface area contributed by atoms with Gasteiger partial charge in [0.25, 0.3) is 5.91 Å². The maximum Gasteiger partial charge on any atom is 0.419 e. The number of nitrogens with one attached hydrogen (secondary N) is 1. The van der Waals surface area contributed by atoms with Crippen molar-refractivity contribution in [3.8, 4) is 10.4 Å². The van der Waals surface area contributed by atoms with Gasteiger partial charge < -0.3 is 10.2 Å². The molecule has 1 atom stereocenters. The van der Waals surface area contributed by atoms with Gasteiger partial charge in [0.1, 0.15) is 11.5 Å². The monoisotopic (exact) mass is 465 g/mol. The molecule has 1 aromatic carbocycles. The first-order chi connectivity index (χ1) is 15.2. The van der Waals surface area contributed by atoms with Crippen LogP contribution in [0.4, 0.5) is 23.5 Å². The van der Waals surface area contributed by atoms with Crippen LogP contribution in [0.2, 0.25) is 0 Å². The molecule has 32 heavy (non-hydrogen) atoms. The van der Waals surface area contributed by atoms with Gasteiger partial charge in [-0.25, -0.2) is 19.3 Å². The number of aryl methyl sites for hydroxylation is 1.